The Labute approximate surface area is 163 Å². The van der Waals surface area contributed by atoms with Crippen molar-refractivity contribution < 1.29 is 15.0 Å². The summed E-state index contributed by atoms with van der Waals surface area (Å²) in [5, 5.41) is 5.04. The van der Waals surface area contributed by atoms with Crippen molar-refractivity contribution in [1.82, 2.24) is 25.3 Å². The third-order valence-electron chi connectivity index (χ3n) is 2.43. The van der Waals surface area contributed by atoms with Crippen molar-refractivity contribution in [3.8, 4) is 0 Å². The maximum atomic E-state index is 11.5. The van der Waals surface area contributed by atoms with Crippen LogP contribution in [0.15, 0.2) is 29.9 Å². The Bertz CT molecular complexity index is 925. The van der Waals surface area contributed by atoms with E-state index in [9.17, 15) is 4.79 Å². The molecule has 0 radical (unpaired) electrons. The highest BCUT2D eigenvalue weighted by Gasteiger charge is 2.15. The molecule has 1 N–H and O–H groups in total. The number of amides is 1. The Kier molecular flexibility index (Phi) is 6.30. The molecule has 2 heterocycles. The van der Waals surface area contributed by atoms with Crippen molar-refractivity contribution in [2.75, 3.05) is 0 Å². The SMILES string of the molecule is [2H]C([2H])(N=[N+]=[N-])c1ncc(C)cn1.[2H]C([2H])(NC(=O)OC(C)(C)C)c1ncc(C)cn1. The van der Waals surface area contributed by atoms with Crippen LogP contribution in [0.3, 0.4) is 0 Å². The molecule has 0 unspecified atom stereocenters. The third kappa shape index (κ3) is 10.4. The van der Waals surface area contributed by atoms with E-state index in [1.54, 1.807) is 34.6 Å². The monoisotopic (exact) mass is 376 g/mol. The second kappa shape index (κ2) is 10.7. The fourth-order valence-corrected chi connectivity index (χ4v) is 1.39. The summed E-state index contributed by atoms with van der Waals surface area (Å²) in [6, 6.07) is 0. The molecule has 10 heteroatoms. The highest BCUT2D eigenvalue weighted by molar-refractivity contribution is 5.67. The largest absolute Gasteiger partial charge is 0.444 e. The Morgan fingerprint density at radius 2 is 1.63 bits per heavy atom. The molecule has 0 fully saturated rings. The van der Waals surface area contributed by atoms with E-state index in [1.165, 1.54) is 24.8 Å². The van der Waals surface area contributed by atoms with Crippen LogP contribution in [0, 0.1) is 13.8 Å². The number of carbonyl (C=O) groups is 1. The normalized spacial score (nSPS) is 13.4. The van der Waals surface area contributed by atoms with E-state index in [0.29, 0.717) is 0 Å². The number of hydrogen-bond acceptors (Lipinski definition) is 7. The standard InChI is InChI=1S/C11H17N3O2.C6H7N5/c1-8-5-12-9(13-6-8)7-14-10(15)16-11(2,3)4;1-5-2-8-6(9-3-5)4-10-11-7/h5-6H,7H2,1-4H3,(H,14,15);2-3H,4H2,1H3/i7D2;4D2. The van der Waals surface area contributed by atoms with Gasteiger partial charge in [0.15, 0.2) is 0 Å². The van der Waals surface area contributed by atoms with E-state index in [1.807, 2.05) is 0 Å². The number of nitrogens with one attached hydrogen (secondary N) is 1. The minimum atomic E-state index is -2.18. The second-order valence-electron chi connectivity index (χ2n) is 6.22. The van der Waals surface area contributed by atoms with Crippen LogP contribution in [0.1, 0.15) is 49.0 Å². The van der Waals surface area contributed by atoms with Gasteiger partial charge in [0.2, 0.25) is 0 Å². The zero-order chi connectivity index (χ0) is 23.9. The summed E-state index contributed by atoms with van der Waals surface area (Å²) < 4.78 is 34.9. The minimum absolute atomic E-state index is 0.112. The summed E-state index contributed by atoms with van der Waals surface area (Å²) in [7, 11) is 0. The van der Waals surface area contributed by atoms with Gasteiger partial charge in [-0.1, -0.05) is 5.11 Å². The van der Waals surface area contributed by atoms with Crippen molar-refractivity contribution in [2.24, 2.45) is 5.11 Å². The van der Waals surface area contributed by atoms with Gasteiger partial charge in [-0.25, -0.2) is 24.7 Å². The van der Waals surface area contributed by atoms with Crippen LogP contribution in [0.5, 0.6) is 0 Å². The van der Waals surface area contributed by atoms with Gasteiger partial charge in [0.05, 0.1) is 15.7 Å². The summed E-state index contributed by atoms with van der Waals surface area (Å²) in [6.45, 7) is 4.33. The summed E-state index contributed by atoms with van der Waals surface area (Å²) in [5.41, 5.74) is 9.03. The first-order valence-corrected chi connectivity index (χ1v) is 7.82. The van der Waals surface area contributed by atoms with Crippen LogP contribution in [0.25, 0.3) is 10.4 Å². The van der Waals surface area contributed by atoms with E-state index in [0.717, 1.165) is 11.1 Å². The number of rotatable bonds is 4. The molecule has 0 aromatic carbocycles. The van der Waals surface area contributed by atoms with Crippen molar-refractivity contribution in [2.45, 2.75) is 53.2 Å². The number of hydrogen-bond donors (Lipinski definition) is 1. The molecule has 2 aromatic heterocycles. The van der Waals surface area contributed by atoms with E-state index in [2.05, 4.69) is 35.3 Å². The van der Waals surface area contributed by atoms with Crippen LogP contribution in [0.4, 0.5) is 4.79 Å². The van der Waals surface area contributed by atoms with Crippen LogP contribution in [-0.4, -0.2) is 31.6 Å². The first-order chi connectivity index (χ1) is 14.2. The Morgan fingerprint density at radius 1 is 1.15 bits per heavy atom. The number of carbonyl (C=O) groups excluding carboxylic acids is 1. The molecule has 0 aliphatic carbocycles. The van der Waals surface area contributed by atoms with Crippen LogP contribution >= 0.6 is 0 Å². The minimum Gasteiger partial charge on any atom is -0.444 e. The van der Waals surface area contributed by atoms with Crippen LogP contribution < -0.4 is 5.32 Å². The smallest absolute Gasteiger partial charge is 0.408 e. The molecule has 27 heavy (non-hydrogen) atoms. The molecule has 0 atom stereocenters. The molecule has 2 aromatic rings. The predicted octanol–water partition coefficient (Wildman–Crippen LogP) is 3.41. The summed E-state index contributed by atoms with van der Waals surface area (Å²) in [5.74, 6) is -0.241. The van der Waals surface area contributed by atoms with Crippen molar-refractivity contribution in [3.63, 3.8) is 0 Å². The molecule has 1 amide bonds. The second-order valence-corrected chi connectivity index (χ2v) is 6.22. The van der Waals surface area contributed by atoms with E-state index < -0.39 is 24.7 Å². The number of aromatic nitrogens is 4. The van der Waals surface area contributed by atoms with Gasteiger partial charge in [-0.3, -0.25) is 0 Å². The van der Waals surface area contributed by atoms with Gasteiger partial charge >= 0.3 is 6.09 Å². The van der Waals surface area contributed by atoms with E-state index >= 15 is 0 Å². The highest BCUT2D eigenvalue weighted by atomic mass is 16.6. The Hall–Kier alpha value is -3.26. The predicted molar refractivity (Wildman–Crippen MR) is 99.5 cm³/mol. The topological polar surface area (TPSA) is 139 Å². The third-order valence-corrected chi connectivity index (χ3v) is 2.43. The molecule has 0 aliphatic rings. The lowest BCUT2D eigenvalue weighted by Crippen LogP contribution is -2.32. The summed E-state index contributed by atoms with van der Waals surface area (Å²) in [4.78, 5) is 29.0. The van der Waals surface area contributed by atoms with E-state index in [-0.39, 0.29) is 11.6 Å². The molecule has 0 saturated carbocycles. The maximum absolute atomic E-state index is 11.5. The molecule has 2 rings (SSSR count). The molecule has 0 saturated heterocycles. The van der Waals surface area contributed by atoms with Crippen LogP contribution in [-0.2, 0) is 17.7 Å². The fraction of sp³-hybridized carbons (Fsp3) is 0.471. The van der Waals surface area contributed by atoms with Gasteiger partial charge < -0.3 is 10.1 Å². The number of ether oxygens (including phenoxy) is 1. The lowest BCUT2D eigenvalue weighted by molar-refractivity contribution is 0.0522. The van der Waals surface area contributed by atoms with Gasteiger partial charge in [0.1, 0.15) is 17.2 Å². The lowest BCUT2D eigenvalue weighted by atomic mass is 10.2. The quantitative estimate of drug-likeness (QED) is 0.493. The van der Waals surface area contributed by atoms with Crippen molar-refractivity contribution in [1.29, 1.82) is 0 Å². The van der Waals surface area contributed by atoms with Gasteiger partial charge in [0.25, 0.3) is 0 Å². The van der Waals surface area contributed by atoms with Crippen molar-refractivity contribution in [3.05, 3.63) is 58.0 Å². The van der Waals surface area contributed by atoms with Gasteiger partial charge in [0, 0.05) is 32.4 Å². The number of aryl methyl sites for hydroxylation is 2. The number of nitrogens with zero attached hydrogens (tertiary/aromatic N) is 7. The maximum Gasteiger partial charge on any atom is 0.408 e. The van der Waals surface area contributed by atoms with Gasteiger partial charge in [-0.15, -0.1) is 0 Å². The highest BCUT2D eigenvalue weighted by Crippen LogP contribution is 2.06. The molecule has 10 nitrogen and oxygen atoms in total. The average molecular weight is 376 g/mol. The first kappa shape index (κ1) is 16.0. The zero-order valence-corrected chi connectivity index (χ0v) is 15.8. The Morgan fingerprint density at radius 3 is 2.07 bits per heavy atom. The molecular formula is C17H24N8O2. The van der Waals surface area contributed by atoms with Crippen LogP contribution in [0.2, 0.25) is 0 Å². The van der Waals surface area contributed by atoms with E-state index in [4.69, 9.17) is 15.8 Å². The molecule has 0 aliphatic heterocycles. The number of azide groups is 1. The molecule has 0 bridgehead atoms. The Balaban J connectivity index is 0.000000327. The van der Waals surface area contributed by atoms with Gasteiger partial charge in [-0.05, 0) is 51.3 Å². The zero-order valence-electron chi connectivity index (χ0n) is 19.8. The fourth-order valence-electron chi connectivity index (χ4n) is 1.39. The van der Waals surface area contributed by atoms with Crippen molar-refractivity contribution >= 4 is 6.09 Å². The van der Waals surface area contributed by atoms with Gasteiger partial charge in [-0.2, -0.15) is 0 Å². The lowest BCUT2D eigenvalue weighted by Gasteiger charge is -2.19. The molecule has 144 valence electrons. The average Bonchev–Trinajstić information content (AvgIpc) is 2.61. The molecular weight excluding hydrogens is 348 g/mol. The number of alkyl carbamates (subject to hydrolysis) is 1. The summed E-state index contributed by atoms with van der Waals surface area (Å²) in [6.07, 6.45) is 5.05. The first-order valence-electron chi connectivity index (χ1n) is 9.82. The molecule has 0 spiro atoms. The summed E-state index contributed by atoms with van der Waals surface area (Å²) >= 11 is 0.